The Balaban J connectivity index is 2.07. The lowest BCUT2D eigenvalue weighted by molar-refractivity contribution is -0.118. The average molecular weight is 347 g/mol. The van der Waals surface area contributed by atoms with Gasteiger partial charge in [0.2, 0.25) is 0 Å². The quantitative estimate of drug-likeness (QED) is 0.804. The Hall–Kier alpha value is -2.34. The summed E-state index contributed by atoms with van der Waals surface area (Å²) in [5.74, 6) is -0.129. The highest BCUT2D eigenvalue weighted by molar-refractivity contribution is 7.16. The fourth-order valence-electron chi connectivity index (χ4n) is 2.06. The number of carbonyl (C=O) groups is 2. The van der Waals surface area contributed by atoms with Gasteiger partial charge in [-0.05, 0) is 45.4 Å². The predicted octanol–water partition coefficient (Wildman–Crippen LogP) is 3.95. The van der Waals surface area contributed by atoms with Crippen LogP contribution in [0.2, 0.25) is 0 Å². The summed E-state index contributed by atoms with van der Waals surface area (Å²) in [6, 6.07) is 9.09. The highest BCUT2D eigenvalue weighted by Crippen LogP contribution is 2.33. The first-order valence-electron chi connectivity index (χ1n) is 7.67. The number of nitrogens with one attached hydrogen (secondary N) is 1. The smallest absolute Gasteiger partial charge is 0.341 e. The predicted molar refractivity (Wildman–Crippen MR) is 94.9 cm³/mol. The van der Waals surface area contributed by atoms with Gasteiger partial charge in [-0.2, -0.15) is 0 Å². The van der Waals surface area contributed by atoms with Gasteiger partial charge in [-0.25, -0.2) is 4.79 Å². The van der Waals surface area contributed by atoms with Crippen LogP contribution in [0.15, 0.2) is 30.3 Å². The zero-order chi connectivity index (χ0) is 17.7. The van der Waals surface area contributed by atoms with Crippen LogP contribution in [0.25, 0.3) is 0 Å². The first-order chi connectivity index (χ1) is 11.4. The van der Waals surface area contributed by atoms with Crippen molar-refractivity contribution in [2.75, 3.05) is 11.9 Å². The van der Waals surface area contributed by atoms with E-state index in [4.69, 9.17) is 9.47 Å². The molecule has 0 aliphatic heterocycles. The van der Waals surface area contributed by atoms with Gasteiger partial charge in [-0.15, -0.1) is 11.3 Å². The van der Waals surface area contributed by atoms with Gasteiger partial charge in [0.05, 0.1) is 11.7 Å². The third-order valence-electron chi connectivity index (χ3n) is 3.30. The van der Waals surface area contributed by atoms with E-state index >= 15 is 0 Å². The van der Waals surface area contributed by atoms with Crippen molar-refractivity contribution < 1.29 is 19.1 Å². The van der Waals surface area contributed by atoms with Crippen LogP contribution in [-0.2, 0) is 9.53 Å². The summed E-state index contributed by atoms with van der Waals surface area (Å²) < 4.78 is 10.7. The number of rotatable bonds is 6. The van der Waals surface area contributed by atoms with Gasteiger partial charge in [-0.1, -0.05) is 18.2 Å². The molecule has 0 saturated carbocycles. The van der Waals surface area contributed by atoms with Gasteiger partial charge in [0.25, 0.3) is 5.91 Å². The summed E-state index contributed by atoms with van der Waals surface area (Å²) >= 11 is 1.36. The number of aryl methyl sites for hydroxylation is 1. The maximum absolute atomic E-state index is 12.3. The molecule has 2 aromatic rings. The van der Waals surface area contributed by atoms with Crippen LogP contribution < -0.4 is 10.1 Å². The minimum absolute atomic E-state index is 0.126. The zero-order valence-electron chi connectivity index (χ0n) is 14.2. The molecular weight excluding hydrogens is 326 g/mol. The van der Waals surface area contributed by atoms with E-state index in [0.29, 0.717) is 16.3 Å². The third kappa shape index (κ3) is 4.58. The Bertz CT molecular complexity index is 722. The number of benzene rings is 1. The van der Waals surface area contributed by atoms with Crippen molar-refractivity contribution in [2.45, 2.75) is 33.8 Å². The highest BCUT2D eigenvalue weighted by Gasteiger charge is 2.23. The maximum atomic E-state index is 12.3. The van der Waals surface area contributed by atoms with Crippen LogP contribution in [0, 0.1) is 13.8 Å². The summed E-state index contributed by atoms with van der Waals surface area (Å²) in [5.41, 5.74) is 1.24. The molecule has 0 bridgehead atoms. The van der Waals surface area contributed by atoms with Crippen LogP contribution in [0.4, 0.5) is 5.00 Å². The molecule has 0 spiro atoms. The van der Waals surface area contributed by atoms with Crippen LogP contribution >= 0.6 is 11.3 Å². The largest absolute Gasteiger partial charge is 0.484 e. The molecule has 0 aliphatic carbocycles. The molecule has 1 aromatic carbocycles. The standard InChI is InChI=1S/C18H21NO4S/c1-11(2)23-18(21)16-12(3)13(4)24-17(16)19-15(20)10-22-14-8-6-5-7-9-14/h5-9,11H,10H2,1-4H3,(H,19,20). The van der Waals surface area contributed by atoms with Crippen LogP contribution in [0.5, 0.6) is 5.75 Å². The molecule has 1 heterocycles. The second-order valence-electron chi connectivity index (χ2n) is 5.59. The molecule has 24 heavy (non-hydrogen) atoms. The number of anilines is 1. The molecule has 0 aliphatic rings. The summed E-state index contributed by atoms with van der Waals surface area (Å²) in [7, 11) is 0. The molecule has 0 fully saturated rings. The molecule has 1 aromatic heterocycles. The number of thiophene rings is 1. The monoisotopic (exact) mass is 347 g/mol. The van der Waals surface area contributed by atoms with Crippen LogP contribution in [-0.4, -0.2) is 24.6 Å². The summed E-state index contributed by atoms with van der Waals surface area (Å²) in [6.45, 7) is 7.21. The number of ether oxygens (including phenoxy) is 2. The molecule has 5 nitrogen and oxygen atoms in total. The van der Waals surface area contributed by atoms with Gasteiger partial charge < -0.3 is 14.8 Å². The van der Waals surface area contributed by atoms with E-state index in [1.165, 1.54) is 11.3 Å². The normalized spacial score (nSPS) is 10.5. The summed E-state index contributed by atoms with van der Waals surface area (Å²) in [6.07, 6.45) is -0.220. The summed E-state index contributed by atoms with van der Waals surface area (Å²) in [4.78, 5) is 25.4. The lowest BCUT2D eigenvalue weighted by Gasteiger charge is -2.11. The third-order valence-corrected chi connectivity index (χ3v) is 4.42. The van der Waals surface area contributed by atoms with Crippen molar-refractivity contribution >= 4 is 28.2 Å². The van der Waals surface area contributed by atoms with Gasteiger partial charge in [0, 0.05) is 4.88 Å². The number of carbonyl (C=O) groups excluding carboxylic acids is 2. The maximum Gasteiger partial charge on any atom is 0.341 e. The summed E-state index contributed by atoms with van der Waals surface area (Å²) in [5, 5.41) is 3.25. The molecule has 1 amide bonds. The Kier molecular flexibility index (Phi) is 5.98. The molecule has 0 radical (unpaired) electrons. The second kappa shape index (κ2) is 7.97. The van der Waals surface area contributed by atoms with E-state index in [-0.39, 0.29) is 18.6 Å². The van der Waals surface area contributed by atoms with Gasteiger partial charge in [-0.3, -0.25) is 4.79 Å². The number of hydrogen-bond acceptors (Lipinski definition) is 5. The van der Waals surface area contributed by atoms with Crippen molar-refractivity contribution in [1.82, 2.24) is 0 Å². The van der Waals surface area contributed by atoms with Gasteiger partial charge in [0.15, 0.2) is 6.61 Å². The molecular formula is C18H21NO4S. The Labute approximate surface area is 145 Å². The van der Waals surface area contributed by atoms with Crippen molar-refractivity contribution in [3.8, 4) is 5.75 Å². The van der Waals surface area contributed by atoms with Crippen LogP contribution in [0.1, 0.15) is 34.6 Å². The zero-order valence-corrected chi connectivity index (χ0v) is 15.0. The lowest BCUT2D eigenvalue weighted by atomic mass is 10.1. The second-order valence-corrected chi connectivity index (χ2v) is 6.82. The number of amides is 1. The molecule has 0 unspecified atom stereocenters. The van der Waals surface area contributed by atoms with Crippen molar-refractivity contribution in [3.63, 3.8) is 0 Å². The Morgan fingerprint density at radius 3 is 2.46 bits per heavy atom. The number of esters is 1. The van der Waals surface area contributed by atoms with E-state index in [9.17, 15) is 9.59 Å². The molecule has 0 atom stereocenters. The van der Waals surface area contributed by atoms with Gasteiger partial charge in [0.1, 0.15) is 10.8 Å². The van der Waals surface area contributed by atoms with Crippen molar-refractivity contribution in [3.05, 3.63) is 46.3 Å². The lowest BCUT2D eigenvalue weighted by Crippen LogP contribution is -2.21. The van der Waals surface area contributed by atoms with Crippen LogP contribution in [0.3, 0.4) is 0 Å². The first-order valence-corrected chi connectivity index (χ1v) is 8.48. The van der Waals surface area contributed by atoms with Gasteiger partial charge >= 0.3 is 5.97 Å². The average Bonchev–Trinajstić information content (AvgIpc) is 2.80. The molecule has 1 N–H and O–H groups in total. The van der Waals surface area contributed by atoms with E-state index in [1.807, 2.05) is 32.0 Å². The number of para-hydroxylation sites is 1. The van der Waals surface area contributed by atoms with E-state index in [1.54, 1.807) is 26.0 Å². The van der Waals surface area contributed by atoms with E-state index in [0.717, 1.165) is 10.4 Å². The van der Waals surface area contributed by atoms with E-state index < -0.39 is 5.97 Å². The highest BCUT2D eigenvalue weighted by atomic mass is 32.1. The topological polar surface area (TPSA) is 64.6 Å². The fraction of sp³-hybridized carbons (Fsp3) is 0.333. The molecule has 2 rings (SSSR count). The minimum atomic E-state index is -0.425. The van der Waals surface area contributed by atoms with Crippen molar-refractivity contribution in [2.24, 2.45) is 0 Å². The number of hydrogen-bond donors (Lipinski definition) is 1. The first kappa shape index (κ1) is 18.0. The Morgan fingerprint density at radius 1 is 1.17 bits per heavy atom. The molecule has 6 heteroatoms. The minimum Gasteiger partial charge on any atom is -0.484 e. The SMILES string of the molecule is Cc1sc(NC(=O)COc2ccccc2)c(C(=O)OC(C)C)c1C. The Morgan fingerprint density at radius 2 is 1.83 bits per heavy atom. The van der Waals surface area contributed by atoms with E-state index in [2.05, 4.69) is 5.32 Å². The molecule has 0 saturated heterocycles. The molecule has 128 valence electrons. The fourth-order valence-corrected chi connectivity index (χ4v) is 3.13. The van der Waals surface area contributed by atoms with Crippen molar-refractivity contribution in [1.29, 1.82) is 0 Å².